The lowest BCUT2D eigenvalue weighted by molar-refractivity contribution is -0.117. The second-order valence-corrected chi connectivity index (χ2v) is 9.21. The van der Waals surface area contributed by atoms with Gasteiger partial charge in [-0.1, -0.05) is 48.0 Å². The molecule has 0 saturated carbocycles. The number of amides is 2. The molecule has 2 amide bonds. The van der Waals surface area contributed by atoms with Crippen LogP contribution in [-0.2, 0) is 10.5 Å². The summed E-state index contributed by atoms with van der Waals surface area (Å²) >= 11 is 3.28. The van der Waals surface area contributed by atoms with E-state index < -0.39 is 0 Å². The van der Waals surface area contributed by atoms with Gasteiger partial charge in [0.15, 0.2) is 0 Å². The predicted molar refractivity (Wildman–Crippen MR) is 131 cm³/mol. The zero-order valence-electron chi connectivity index (χ0n) is 17.7. The van der Waals surface area contributed by atoms with Gasteiger partial charge in [0, 0.05) is 28.5 Å². The highest BCUT2D eigenvalue weighted by Crippen LogP contribution is 2.16. The molecule has 3 rings (SSSR count). The van der Waals surface area contributed by atoms with E-state index in [1.54, 1.807) is 30.0 Å². The molecule has 0 aliphatic heterocycles. The fourth-order valence-electron chi connectivity index (χ4n) is 2.86. The first-order valence-electron chi connectivity index (χ1n) is 10.1. The maximum absolute atomic E-state index is 12.8. The first kappa shape index (κ1) is 22.8. The van der Waals surface area contributed by atoms with Crippen molar-refractivity contribution in [1.82, 2.24) is 10.6 Å². The van der Waals surface area contributed by atoms with Crippen molar-refractivity contribution in [2.24, 2.45) is 0 Å². The Balaban J connectivity index is 1.57. The topological polar surface area (TPSA) is 58.2 Å². The Morgan fingerprint density at radius 1 is 1.00 bits per heavy atom. The average molecular weight is 451 g/mol. The van der Waals surface area contributed by atoms with Crippen LogP contribution in [0, 0.1) is 13.8 Å². The first-order chi connectivity index (χ1) is 15.0. The van der Waals surface area contributed by atoms with Gasteiger partial charge in [-0.2, -0.15) is 11.8 Å². The number of nitrogens with one attached hydrogen (secondary N) is 2. The van der Waals surface area contributed by atoms with Gasteiger partial charge in [0.1, 0.15) is 5.70 Å². The second kappa shape index (κ2) is 11.5. The molecule has 160 valence electrons. The number of carbonyl (C=O) groups excluding carboxylic acids is 2. The van der Waals surface area contributed by atoms with Crippen LogP contribution in [0.1, 0.15) is 31.9 Å². The summed E-state index contributed by atoms with van der Waals surface area (Å²) in [5.74, 6) is 1.11. The summed E-state index contributed by atoms with van der Waals surface area (Å²) < 4.78 is 0. The van der Waals surface area contributed by atoms with Gasteiger partial charge in [-0.25, -0.2) is 0 Å². The third-order valence-electron chi connectivity index (χ3n) is 4.69. The highest BCUT2D eigenvalue weighted by molar-refractivity contribution is 7.98. The fourth-order valence-corrected chi connectivity index (χ4v) is 4.45. The number of thioether (sulfide) groups is 1. The normalized spacial score (nSPS) is 11.2. The average Bonchev–Trinajstić information content (AvgIpc) is 3.27. The second-order valence-electron chi connectivity index (χ2n) is 7.13. The molecule has 0 aliphatic rings. The third-order valence-corrected chi connectivity index (χ3v) is 6.51. The zero-order chi connectivity index (χ0) is 22.1. The number of hydrogen-bond acceptors (Lipinski definition) is 4. The number of carbonyl (C=O) groups is 2. The smallest absolute Gasteiger partial charge is 0.267 e. The Hall–Kier alpha value is -2.83. The van der Waals surface area contributed by atoms with E-state index in [4.69, 9.17) is 0 Å². The van der Waals surface area contributed by atoms with Gasteiger partial charge in [-0.3, -0.25) is 9.59 Å². The van der Waals surface area contributed by atoms with E-state index in [9.17, 15) is 9.59 Å². The van der Waals surface area contributed by atoms with Crippen LogP contribution >= 0.6 is 23.1 Å². The van der Waals surface area contributed by atoms with Gasteiger partial charge in [0.25, 0.3) is 11.8 Å². The van der Waals surface area contributed by atoms with Crippen LogP contribution in [0.5, 0.6) is 0 Å². The number of thiophene rings is 1. The summed E-state index contributed by atoms with van der Waals surface area (Å²) in [4.78, 5) is 26.3. The molecular weight excluding hydrogens is 424 g/mol. The molecule has 0 radical (unpaired) electrons. The van der Waals surface area contributed by atoms with Gasteiger partial charge < -0.3 is 10.6 Å². The van der Waals surface area contributed by atoms with Crippen molar-refractivity contribution in [3.63, 3.8) is 0 Å². The molecule has 0 saturated heterocycles. The van der Waals surface area contributed by atoms with Crippen molar-refractivity contribution < 1.29 is 9.59 Å². The van der Waals surface area contributed by atoms with Gasteiger partial charge >= 0.3 is 0 Å². The van der Waals surface area contributed by atoms with E-state index in [1.807, 2.05) is 48.7 Å². The van der Waals surface area contributed by atoms with E-state index in [-0.39, 0.29) is 17.5 Å². The van der Waals surface area contributed by atoms with Crippen molar-refractivity contribution in [2.45, 2.75) is 19.6 Å². The lowest BCUT2D eigenvalue weighted by atomic mass is 10.1. The minimum absolute atomic E-state index is 0.247. The Morgan fingerprint density at radius 2 is 1.77 bits per heavy atom. The SMILES string of the molecule is Cc1ccc(C(=O)N/C(=C\c2cccs2)C(=O)NCCSCc2ccccc2C)cc1. The summed E-state index contributed by atoms with van der Waals surface area (Å²) in [6.07, 6.45) is 1.71. The molecule has 0 spiro atoms. The minimum atomic E-state index is -0.299. The van der Waals surface area contributed by atoms with Crippen molar-refractivity contribution in [1.29, 1.82) is 0 Å². The molecule has 1 heterocycles. The number of hydrogen-bond donors (Lipinski definition) is 2. The third kappa shape index (κ3) is 7.12. The summed E-state index contributed by atoms with van der Waals surface area (Å²) in [7, 11) is 0. The molecular formula is C25H26N2O2S2. The lowest BCUT2D eigenvalue weighted by Crippen LogP contribution is -2.35. The Kier molecular flexibility index (Phi) is 8.50. The number of aryl methyl sites for hydroxylation is 2. The molecule has 4 nitrogen and oxygen atoms in total. The maximum atomic E-state index is 12.8. The Bertz CT molecular complexity index is 1040. The van der Waals surface area contributed by atoms with E-state index in [0.29, 0.717) is 12.1 Å². The molecule has 0 bridgehead atoms. The molecule has 0 atom stereocenters. The molecule has 0 aliphatic carbocycles. The highest BCUT2D eigenvalue weighted by Gasteiger charge is 2.14. The van der Waals surface area contributed by atoms with Gasteiger partial charge in [-0.15, -0.1) is 11.3 Å². The Labute approximate surface area is 191 Å². The van der Waals surface area contributed by atoms with Crippen LogP contribution in [0.3, 0.4) is 0 Å². The van der Waals surface area contributed by atoms with Gasteiger partial charge in [0.05, 0.1) is 0 Å². The van der Waals surface area contributed by atoms with E-state index >= 15 is 0 Å². The molecule has 6 heteroatoms. The van der Waals surface area contributed by atoms with Crippen LogP contribution in [0.4, 0.5) is 0 Å². The largest absolute Gasteiger partial charge is 0.350 e. The van der Waals surface area contributed by atoms with Crippen LogP contribution < -0.4 is 10.6 Å². The van der Waals surface area contributed by atoms with Crippen molar-refractivity contribution in [2.75, 3.05) is 12.3 Å². The van der Waals surface area contributed by atoms with Gasteiger partial charge in [0.2, 0.25) is 0 Å². The molecule has 1 aromatic heterocycles. The number of benzene rings is 2. The van der Waals surface area contributed by atoms with Crippen molar-refractivity contribution >= 4 is 41.0 Å². The molecule has 31 heavy (non-hydrogen) atoms. The van der Waals surface area contributed by atoms with Crippen LogP contribution in [0.25, 0.3) is 6.08 Å². The predicted octanol–water partition coefficient (Wildman–Crippen LogP) is 5.19. The van der Waals surface area contributed by atoms with Crippen molar-refractivity contribution in [3.8, 4) is 0 Å². The summed E-state index contributed by atoms with van der Waals surface area (Å²) in [5, 5.41) is 7.63. The quantitative estimate of drug-likeness (QED) is 0.349. The molecule has 0 unspecified atom stereocenters. The monoisotopic (exact) mass is 450 g/mol. The van der Waals surface area contributed by atoms with E-state index in [1.165, 1.54) is 22.5 Å². The van der Waals surface area contributed by atoms with Crippen LogP contribution in [-0.4, -0.2) is 24.1 Å². The van der Waals surface area contributed by atoms with Crippen molar-refractivity contribution in [3.05, 3.63) is 98.9 Å². The van der Waals surface area contributed by atoms with Crippen LogP contribution in [0.15, 0.2) is 71.7 Å². The highest BCUT2D eigenvalue weighted by atomic mass is 32.2. The van der Waals surface area contributed by atoms with E-state index in [0.717, 1.165) is 21.9 Å². The Morgan fingerprint density at radius 3 is 2.48 bits per heavy atom. The first-order valence-corrected chi connectivity index (χ1v) is 12.1. The van der Waals surface area contributed by atoms with Crippen LogP contribution in [0.2, 0.25) is 0 Å². The summed E-state index contributed by atoms with van der Waals surface area (Å²) in [6, 6.07) is 19.4. The summed E-state index contributed by atoms with van der Waals surface area (Å²) in [6.45, 7) is 4.60. The standard InChI is InChI=1S/C25H26N2O2S2/c1-18-9-11-20(12-10-18)24(28)27-23(16-22-8-5-14-31-22)25(29)26-13-15-30-17-21-7-4-3-6-19(21)2/h3-12,14,16H,13,15,17H2,1-2H3,(H,26,29)(H,27,28)/b23-16-. The molecule has 2 aromatic carbocycles. The number of rotatable bonds is 9. The van der Waals surface area contributed by atoms with E-state index in [2.05, 4.69) is 29.7 Å². The fraction of sp³-hybridized carbons (Fsp3) is 0.200. The minimum Gasteiger partial charge on any atom is -0.350 e. The molecule has 2 N–H and O–H groups in total. The van der Waals surface area contributed by atoms with Gasteiger partial charge in [-0.05, 0) is 54.6 Å². The summed E-state index contributed by atoms with van der Waals surface area (Å²) in [5.41, 5.74) is 4.43. The zero-order valence-corrected chi connectivity index (χ0v) is 19.3. The lowest BCUT2D eigenvalue weighted by Gasteiger charge is -2.11. The maximum Gasteiger partial charge on any atom is 0.267 e. The molecule has 3 aromatic rings. The molecule has 0 fully saturated rings.